The Balaban J connectivity index is 1.60. The molecule has 2 amide bonds. The van der Waals surface area contributed by atoms with Gasteiger partial charge in [0.05, 0.1) is 12.5 Å². The molecule has 0 saturated heterocycles. The van der Waals surface area contributed by atoms with Crippen molar-refractivity contribution in [2.75, 3.05) is 5.32 Å². The van der Waals surface area contributed by atoms with Crippen LogP contribution >= 0.6 is 0 Å². The molecule has 0 spiro atoms. The first-order chi connectivity index (χ1) is 14.5. The highest BCUT2D eigenvalue weighted by molar-refractivity contribution is 5.91. The molecular formula is C21H27F2N5O3. The molecule has 31 heavy (non-hydrogen) atoms. The minimum Gasteiger partial charge on any atom is -0.465 e. The van der Waals surface area contributed by atoms with Gasteiger partial charge in [0, 0.05) is 42.5 Å². The van der Waals surface area contributed by atoms with Crippen LogP contribution in [0.5, 0.6) is 0 Å². The maximum atomic E-state index is 13.7. The lowest BCUT2D eigenvalue weighted by molar-refractivity contribution is -0.115. The second-order valence-corrected chi connectivity index (χ2v) is 8.23. The van der Waals surface area contributed by atoms with E-state index in [9.17, 15) is 23.5 Å². The summed E-state index contributed by atoms with van der Waals surface area (Å²) in [5.41, 5.74) is 2.40. The zero-order chi connectivity index (χ0) is 22.8. The zero-order valence-corrected chi connectivity index (χ0v) is 17.7. The molecule has 3 atom stereocenters. The van der Waals surface area contributed by atoms with Crippen LogP contribution in [0.4, 0.5) is 19.4 Å². The third-order valence-electron chi connectivity index (χ3n) is 5.81. The summed E-state index contributed by atoms with van der Waals surface area (Å²) in [6.45, 7) is 3.83. The number of aromatic amines is 1. The van der Waals surface area contributed by atoms with Crippen molar-refractivity contribution in [1.82, 2.24) is 20.1 Å². The van der Waals surface area contributed by atoms with E-state index >= 15 is 0 Å². The molecule has 2 aromatic rings. The number of nitrogens with one attached hydrogen (secondary N) is 2. The summed E-state index contributed by atoms with van der Waals surface area (Å²) in [5, 5.41) is 19.2. The number of anilines is 1. The molecule has 2 aromatic heterocycles. The van der Waals surface area contributed by atoms with Gasteiger partial charge in [0.25, 0.3) is 5.92 Å². The summed E-state index contributed by atoms with van der Waals surface area (Å²) in [7, 11) is 0. The van der Waals surface area contributed by atoms with E-state index in [-0.39, 0.29) is 18.2 Å². The Labute approximate surface area is 179 Å². The van der Waals surface area contributed by atoms with Crippen molar-refractivity contribution < 1.29 is 23.5 Å². The molecule has 1 aliphatic rings. The van der Waals surface area contributed by atoms with Gasteiger partial charge in [-0.15, -0.1) is 0 Å². The predicted octanol–water partition coefficient (Wildman–Crippen LogP) is 3.95. The monoisotopic (exact) mass is 435 g/mol. The molecule has 1 saturated carbocycles. The number of H-pyrrole nitrogens is 1. The molecule has 168 valence electrons. The van der Waals surface area contributed by atoms with Gasteiger partial charge < -0.3 is 10.4 Å². The number of nitrogens with zero attached hydrogens (tertiary/aromatic N) is 3. The standard InChI is InChI=1S/C21H27F2N5O3/c1-12-4-5-14(11-24-12)8-19(29)25-18-10-17(26-27-18)15-6-7-16(9-15)28(20(30)31)13(2)21(3,22)23/h4-5,10-11,13,15-16H,6-9H2,1-3H3,(H,30,31)(H2,25,26,27,29)/t13?,15-,16+/m0/s1. The Morgan fingerprint density at radius 3 is 2.74 bits per heavy atom. The lowest BCUT2D eigenvalue weighted by Crippen LogP contribution is -2.51. The second-order valence-electron chi connectivity index (χ2n) is 8.23. The third-order valence-corrected chi connectivity index (χ3v) is 5.81. The minimum absolute atomic E-state index is 0.0519. The lowest BCUT2D eigenvalue weighted by atomic mass is 10.0. The van der Waals surface area contributed by atoms with E-state index in [1.165, 1.54) is 6.92 Å². The van der Waals surface area contributed by atoms with Crippen LogP contribution in [0, 0.1) is 6.92 Å². The SMILES string of the molecule is Cc1ccc(CC(=O)Nc2cc([C@H]3CC[C@@H](N(C(=O)O)C(C)C(C)(F)F)C3)[nH]n2)cn1. The highest BCUT2D eigenvalue weighted by Crippen LogP contribution is 2.39. The van der Waals surface area contributed by atoms with Crippen molar-refractivity contribution in [3.63, 3.8) is 0 Å². The van der Waals surface area contributed by atoms with Gasteiger partial charge in [0.1, 0.15) is 0 Å². The molecule has 0 radical (unpaired) electrons. The number of carboxylic acid groups (broad SMARTS) is 1. The fourth-order valence-electron chi connectivity index (χ4n) is 3.96. The molecule has 1 unspecified atom stereocenters. The molecule has 3 rings (SSSR count). The van der Waals surface area contributed by atoms with Gasteiger partial charge >= 0.3 is 6.09 Å². The Kier molecular flexibility index (Phi) is 6.56. The lowest BCUT2D eigenvalue weighted by Gasteiger charge is -2.35. The summed E-state index contributed by atoms with van der Waals surface area (Å²) in [6.07, 6.45) is 2.01. The largest absolute Gasteiger partial charge is 0.465 e. The van der Waals surface area contributed by atoms with E-state index in [0.717, 1.165) is 28.8 Å². The number of aryl methyl sites for hydroxylation is 1. The van der Waals surface area contributed by atoms with Gasteiger partial charge in [-0.25, -0.2) is 13.6 Å². The van der Waals surface area contributed by atoms with Crippen LogP contribution in [0.25, 0.3) is 0 Å². The fraction of sp³-hybridized carbons (Fsp3) is 0.524. The molecular weight excluding hydrogens is 408 g/mol. The van der Waals surface area contributed by atoms with Crippen molar-refractivity contribution >= 4 is 17.8 Å². The Bertz CT molecular complexity index is 926. The first kappa shape index (κ1) is 22.6. The van der Waals surface area contributed by atoms with Crippen molar-refractivity contribution in [2.45, 2.75) is 70.4 Å². The predicted molar refractivity (Wildman–Crippen MR) is 110 cm³/mol. The maximum absolute atomic E-state index is 13.7. The van der Waals surface area contributed by atoms with Crippen LogP contribution in [0.15, 0.2) is 24.4 Å². The van der Waals surface area contributed by atoms with Crippen LogP contribution in [0.1, 0.15) is 56.0 Å². The quantitative estimate of drug-likeness (QED) is 0.610. The van der Waals surface area contributed by atoms with Gasteiger partial charge in [-0.3, -0.25) is 19.8 Å². The van der Waals surface area contributed by atoms with Gasteiger partial charge in [-0.05, 0) is 44.7 Å². The summed E-state index contributed by atoms with van der Waals surface area (Å²) in [5.74, 6) is -3.05. The van der Waals surface area contributed by atoms with E-state index in [0.29, 0.717) is 25.1 Å². The van der Waals surface area contributed by atoms with E-state index in [4.69, 9.17) is 0 Å². The number of rotatable bonds is 7. The van der Waals surface area contributed by atoms with Crippen LogP contribution in [-0.2, 0) is 11.2 Å². The van der Waals surface area contributed by atoms with Crippen molar-refractivity contribution in [3.05, 3.63) is 41.3 Å². The third kappa shape index (κ3) is 5.56. The van der Waals surface area contributed by atoms with E-state index in [1.807, 2.05) is 19.1 Å². The number of carbonyl (C=O) groups is 2. The number of aromatic nitrogens is 3. The average molecular weight is 435 g/mol. The normalized spacial score (nSPS) is 19.8. The van der Waals surface area contributed by atoms with Crippen molar-refractivity contribution in [1.29, 1.82) is 0 Å². The van der Waals surface area contributed by atoms with Gasteiger partial charge in [0.2, 0.25) is 5.91 Å². The van der Waals surface area contributed by atoms with Crippen LogP contribution in [0.3, 0.4) is 0 Å². The minimum atomic E-state index is -3.13. The molecule has 0 aromatic carbocycles. The smallest absolute Gasteiger partial charge is 0.407 e. The summed E-state index contributed by atoms with van der Waals surface area (Å²) in [6, 6.07) is 3.47. The zero-order valence-electron chi connectivity index (χ0n) is 17.7. The van der Waals surface area contributed by atoms with Gasteiger partial charge in [-0.1, -0.05) is 6.07 Å². The van der Waals surface area contributed by atoms with E-state index < -0.39 is 24.1 Å². The second kappa shape index (κ2) is 8.99. The van der Waals surface area contributed by atoms with Crippen LogP contribution in [-0.4, -0.2) is 55.2 Å². The summed E-state index contributed by atoms with van der Waals surface area (Å²) in [4.78, 5) is 28.9. The maximum Gasteiger partial charge on any atom is 0.407 e. The number of pyridine rings is 1. The summed E-state index contributed by atoms with van der Waals surface area (Å²) >= 11 is 0. The Morgan fingerprint density at radius 2 is 2.13 bits per heavy atom. The highest BCUT2D eigenvalue weighted by Gasteiger charge is 2.43. The number of alkyl halides is 2. The number of amides is 2. The van der Waals surface area contributed by atoms with E-state index in [2.05, 4.69) is 20.5 Å². The number of hydrogen-bond donors (Lipinski definition) is 3. The molecule has 1 aliphatic carbocycles. The molecule has 3 N–H and O–H groups in total. The van der Waals surface area contributed by atoms with Gasteiger partial charge in [-0.2, -0.15) is 5.10 Å². The number of hydrogen-bond acceptors (Lipinski definition) is 4. The molecule has 2 heterocycles. The first-order valence-electron chi connectivity index (χ1n) is 10.2. The number of carbonyl (C=O) groups excluding carboxylic acids is 1. The fourth-order valence-corrected chi connectivity index (χ4v) is 3.96. The molecule has 10 heteroatoms. The van der Waals surface area contributed by atoms with Crippen molar-refractivity contribution in [2.24, 2.45) is 0 Å². The Morgan fingerprint density at radius 1 is 1.39 bits per heavy atom. The first-order valence-corrected chi connectivity index (χ1v) is 10.2. The molecule has 1 fully saturated rings. The molecule has 8 nitrogen and oxygen atoms in total. The number of halogens is 2. The van der Waals surface area contributed by atoms with Crippen LogP contribution < -0.4 is 5.32 Å². The highest BCUT2D eigenvalue weighted by atomic mass is 19.3. The molecule has 0 aliphatic heterocycles. The molecule has 0 bridgehead atoms. The Hall–Kier alpha value is -3.04. The van der Waals surface area contributed by atoms with Gasteiger partial charge in [0.15, 0.2) is 5.82 Å². The van der Waals surface area contributed by atoms with E-state index in [1.54, 1.807) is 12.3 Å². The summed E-state index contributed by atoms with van der Waals surface area (Å²) < 4.78 is 27.5. The topological polar surface area (TPSA) is 111 Å². The average Bonchev–Trinajstić information content (AvgIpc) is 3.32. The van der Waals surface area contributed by atoms with Crippen molar-refractivity contribution in [3.8, 4) is 0 Å². The van der Waals surface area contributed by atoms with Crippen LogP contribution in [0.2, 0.25) is 0 Å².